The minimum Gasteiger partial charge on any atom is -0.489 e. The van der Waals surface area contributed by atoms with E-state index in [9.17, 15) is 4.79 Å². The van der Waals surface area contributed by atoms with Gasteiger partial charge in [-0.1, -0.05) is 60.7 Å². The van der Waals surface area contributed by atoms with Crippen molar-refractivity contribution in [3.63, 3.8) is 0 Å². The van der Waals surface area contributed by atoms with E-state index in [2.05, 4.69) is 4.98 Å². The lowest BCUT2D eigenvalue weighted by atomic mass is 10.1. The zero-order chi connectivity index (χ0) is 20.5. The zero-order valence-electron chi connectivity index (χ0n) is 16.3. The van der Waals surface area contributed by atoms with Crippen molar-refractivity contribution >= 4 is 5.97 Å². The molecule has 0 radical (unpaired) electrons. The molecule has 0 spiro atoms. The molecule has 150 valence electrons. The standard InChI is InChI=1S/C23H24N2O4/c1-27-22-13-20(23(26)29-15-18-10-6-3-7-11-18)21(14-25-22)28-16-19(24)12-17-8-4-2-5-9-17/h2-11,13-14,19H,12,15-16,24H2,1H3. The average molecular weight is 392 g/mol. The molecule has 1 atom stereocenters. The maximum atomic E-state index is 12.6. The van der Waals surface area contributed by atoms with Crippen LogP contribution >= 0.6 is 0 Å². The van der Waals surface area contributed by atoms with Crippen LogP contribution in [0, 0.1) is 0 Å². The lowest BCUT2D eigenvalue weighted by Gasteiger charge is -2.16. The Morgan fingerprint density at radius 2 is 1.69 bits per heavy atom. The highest BCUT2D eigenvalue weighted by molar-refractivity contribution is 5.92. The van der Waals surface area contributed by atoms with Gasteiger partial charge >= 0.3 is 5.97 Å². The van der Waals surface area contributed by atoms with Gasteiger partial charge in [-0.05, 0) is 17.5 Å². The molecule has 3 rings (SSSR count). The molecule has 0 bridgehead atoms. The summed E-state index contributed by atoms with van der Waals surface area (Å²) in [6.07, 6.45) is 2.12. The maximum absolute atomic E-state index is 12.6. The number of benzene rings is 2. The van der Waals surface area contributed by atoms with Gasteiger partial charge in [-0.2, -0.15) is 0 Å². The van der Waals surface area contributed by atoms with Gasteiger partial charge in [0.15, 0.2) is 5.75 Å². The molecule has 3 aromatic rings. The molecule has 6 heteroatoms. The summed E-state index contributed by atoms with van der Waals surface area (Å²) in [5.41, 5.74) is 8.46. The van der Waals surface area contributed by atoms with Crippen LogP contribution in [-0.2, 0) is 17.8 Å². The first-order valence-corrected chi connectivity index (χ1v) is 9.33. The topological polar surface area (TPSA) is 83.7 Å². The summed E-state index contributed by atoms with van der Waals surface area (Å²) < 4.78 is 16.4. The fourth-order valence-electron chi connectivity index (χ4n) is 2.78. The Morgan fingerprint density at radius 1 is 1.03 bits per heavy atom. The molecule has 1 unspecified atom stereocenters. The van der Waals surface area contributed by atoms with Crippen molar-refractivity contribution in [3.8, 4) is 11.6 Å². The second-order valence-corrected chi connectivity index (χ2v) is 6.55. The van der Waals surface area contributed by atoms with Crippen LogP contribution < -0.4 is 15.2 Å². The summed E-state index contributed by atoms with van der Waals surface area (Å²) >= 11 is 0. The van der Waals surface area contributed by atoms with E-state index < -0.39 is 5.97 Å². The van der Waals surface area contributed by atoms with Crippen LogP contribution in [0.15, 0.2) is 72.9 Å². The number of esters is 1. The van der Waals surface area contributed by atoms with Crippen LogP contribution in [0.5, 0.6) is 11.6 Å². The van der Waals surface area contributed by atoms with Gasteiger partial charge in [0.2, 0.25) is 5.88 Å². The first-order valence-electron chi connectivity index (χ1n) is 9.33. The number of nitrogens with two attached hydrogens (primary N) is 1. The summed E-state index contributed by atoms with van der Waals surface area (Å²) in [5, 5.41) is 0. The van der Waals surface area contributed by atoms with Gasteiger partial charge in [-0.3, -0.25) is 0 Å². The number of aromatic nitrogens is 1. The second-order valence-electron chi connectivity index (χ2n) is 6.55. The van der Waals surface area contributed by atoms with Crippen molar-refractivity contribution in [2.24, 2.45) is 5.73 Å². The molecule has 0 aliphatic rings. The molecule has 29 heavy (non-hydrogen) atoms. The monoisotopic (exact) mass is 392 g/mol. The summed E-state index contributed by atoms with van der Waals surface area (Å²) in [4.78, 5) is 16.8. The molecule has 1 aromatic heterocycles. The zero-order valence-corrected chi connectivity index (χ0v) is 16.3. The predicted octanol–water partition coefficient (Wildman–Crippen LogP) is 3.40. The Labute approximate surface area is 170 Å². The molecule has 0 fully saturated rings. The number of hydrogen-bond acceptors (Lipinski definition) is 6. The molecule has 0 saturated carbocycles. The van der Waals surface area contributed by atoms with Crippen LogP contribution in [-0.4, -0.2) is 30.7 Å². The summed E-state index contributed by atoms with van der Waals surface area (Å²) in [5.74, 6) is 0.103. The van der Waals surface area contributed by atoms with Crippen LogP contribution in [0.4, 0.5) is 0 Å². The molecule has 2 N–H and O–H groups in total. The fourth-order valence-corrected chi connectivity index (χ4v) is 2.78. The molecule has 6 nitrogen and oxygen atoms in total. The lowest BCUT2D eigenvalue weighted by molar-refractivity contribution is 0.0467. The Bertz CT molecular complexity index is 917. The quantitative estimate of drug-likeness (QED) is 0.562. The number of carbonyl (C=O) groups is 1. The number of methoxy groups -OCH3 is 1. The highest BCUT2D eigenvalue weighted by Gasteiger charge is 2.18. The third-order valence-corrected chi connectivity index (χ3v) is 4.28. The van der Waals surface area contributed by atoms with Crippen molar-refractivity contribution in [1.82, 2.24) is 4.98 Å². The molecule has 0 saturated heterocycles. The second kappa shape index (κ2) is 10.2. The van der Waals surface area contributed by atoms with Gasteiger partial charge < -0.3 is 19.9 Å². The molecule has 0 amide bonds. The van der Waals surface area contributed by atoms with Gasteiger partial charge in [0.25, 0.3) is 0 Å². The Balaban J connectivity index is 1.65. The highest BCUT2D eigenvalue weighted by atomic mass is 16.5. The van der Waals surface area contributed by atoms with Gasteiger partial charge in [0, 0.05) is 12.1 Å². The maximum Gasteiger partial charge on any atom is 0.342 e. The van der Waals surface area contributed by atoms with Crippen molar-refractivity contribution in [2.45, 2.75) is 19.1 Å². The van der Waals surface area contributed by atoms with Gasteiger partial charge in [-0.15, -0.1) is 0 Å². The van der Waals surface area contributed by atoms with E-state index in [0.717, 1.165) is 11.1 Å². The van der Waals surface area contributed by atoms with Gasteiger partial charge in [0.05, 0.1) is 13.3 Å². The number of pyridine rings is 1. The molecule has 1 heterocycles. The smallest absolute Gasteiger partial charge is 0.342 e. The Kier molecular flexibility index (Phi) is 7.19. The first-order chi connectivity index (χ1) is 14.2. The normalized spacial score (nSPS) is 11.5. The fraction of sp³-hybridized carbons (Fsp3) is 0.217. The molecule has 2 aromatic carbocycles. The van der Waals surface area contributed by atoms with Crippen molar-refractivity contribution in [2.75, 3.05) is 13.7 Å². The van der Waals surface area contributed by atoms with Crippen LogP contribution in [0.3, 0.4) is 0 Å². The van der Waals surface area contributed by atoms with Gasteiger partial charge in [-0.25, -0.2) is 9.78 Å². The highest BCUT2D eigenvalue weighted by Crippen LogP contribution is 2.23. The van der Waals surface area contributed by atoms with E-state index >= 15 is 0 Å². The molecular weight excluding hydrogens is 368 g/mol. The largest absolute Gasteiger partial charge is 0.489 e. The summed E-state index contributed by atoms with van der Waals surface area (Å²) in [6.45, 7) is 0.402. The minimum absolute atomic E-state index is 0.164. The lowest BCUT2D eigenvalue weighted by Crippen LogP contribution is -2.30. The van der Waals surface area contributed by atoms with Gasteiger partial charge in [0.1, 0.15) is 18.8 Å². The van der Waals surface area contributed by atoms with E-state index in [1.165, 1.54) is 19.4 Å². The Morgan fingerprint density at radius 3 is 2.34 bits per heavy atom. The molecular formula is C23H24N2O4. The van der Waals surface area contributed by atoms with E-state index in [1.54, 1.807) is 0 Å². The first kappa shape index (κ1) is 20.4. The Hall–Kier alpha value is -3.38. The van der Waals surface area contributed by atoms with E-state index in [4.69, 9.17) is 19.9 Å². The van der Waals surface area contributed by atoms with Crippen LogP contribution in [0.1, 0.15) is 21.5 Å². The minimum atomic E-state index is -0.513. The van der Waals surface area contributed by atoms with Crippen molar-refractivity contribution in [1.29, 1.82) is 0 Å². The summed E-state index contributed by atoms with van der Waals surface area (Å²) in [6, 6.07) is 20.7. The predicted molar refractivity (Wildman–Crippen MR) is 110 cm³/mol. The van der Waals surface area contributed by atoms with Crippen molar-refractivity contribution < 1.29 is 19.0 Å². The number of carbonyl (C=O) groups excluding carboxylic acids is 1. The van der Waals surface area contributed by atoms with E-state index in [-0.39, 0.29) is 24.8 Å². The number of nitrogens with zero attached hydrogens (tertiary/aromatic N) is 1. The van der Waals surface area contributed by atoms with Crippen molar-refractivity contribution in [3.05, 3.63) is 89.6 Å². The third-order valence-electron chi connectivity index (χ3n) is 4.28. The average Bonchev–Trinajstić information content (AvgIpc) is 2.77. The number of ether oxygens (including phenoxy) is 3. The summed E-state index contributed by atoms with van der Waals surface area (Å²) in [7, 11) is 1.48. The molecule has 0 aliphatic heterocycles. The SMILES string of the molecule is COc1cc(C(=O)OCc2ccccc2)c(OCC(N)Cc2ccccc2)cn1. The van der Waals surface area contributed by atoms with E-state index in [0.29, 0.717) is 18.1 Å². The third kappa shape index (κ3) is 6.05. The van der Waals surface area contributed by atoms with Crippen LogP contribution in [0.25, 0.3) is 0 Å². The number of hydrogen-bond donors (Lipinski definition) is 1. The number of rotatable bonds is 9. The van der Waals surface area contributed by atoms with E-state index in [1.807, 2.05) is 60.7 Å². The van der Waals surface area contributed by atoms with Crippen LogP contribution in [0.2, 0.25) is 0 Å². The molecule has 0 aliphatic carbocycles.